The zero-order chi connectivity index (χ0) is 14.3. The smallest absolute Gasteiger partial charge is 0.124 e. The maximum Gasteiger partial charge on any atom is 0.124 e. The third-order valence-electron chi connectivity index (χ3n) is 3.04. The number of hydrogen-bond donors (Lipinski definition) is 1. The van der Waals surface area contributed by atoms with E-state index in [1.165, 1.54) is 12.1 Å². The van der Waals surface area contributed by atoms with Gasteiger partial charge in [0, 0.05) is 16.0 Å². The molecule has 0 unspecified atom stereocenters. The normalized spacial score (nSPS) is 10.9. The molecule has 0 atom stereocenters. The lowest BCUT2D eigenvalue weighted by atomic mass is 10.1. The molecule has 1 heterocycles. The predicted molar refractivity (Wildman–Crippen MR) is 84.3 cm³/mol. The number of hydrogen-bond acceptors (Lipinski definition) is 2. The van der Waals surface area contributed by atoms with E-state index in [0.717, 1.165) is 5.56 Å². The van der Waals surface area contributed by atoms with Gasteiger partial charge in [-0.3, -0.25) is 0 Å². The number of nitrogens with zero attached hydrogens (tertiary/aromatic N) is 1. The van der Waals surface area contributed by atoms with E-state index in [2.05, 4.69) is 20.9 Å². The van der Waals surface area contributed by atoms with Crippen LogP contribution >= 0.6 is 27.5 Å². The van der Waals surface area contributed by atoms with E-state index in [0.29, 0.717) is 31.8 Å². The lowest BCUT2D eigenvalue weighted by Gasteiger charge is -2.10. The number of benzene rings is 2. The Morgan fingerprint density at radius 1 is 1.10 bits per heavy atom. The Bertz CT molecular complexity index is 803. The monoisotopic (exact) mass is 350 g/mol. The molecule has 0 radical (unpaired) electrons. The van der Waals surface area contributed by atoms with Crippen molar-refractivity contribution in [2.24, 2.45) is 0 Å². The van der Waals surface area contributed by atoms with Gasteiger partial charge in [0.15, 0.2) is 0 Å². The van der Waals surface area contributed by atoms with Crippen LogP contribution in [-0.2, 0) is 0 Å². The minimum absolute atomic E-state index is 0.321. The second-order valence-corrected chi connectivity index (χ2v) is 5.59. The van der Waals surface area contributed by atoms with Gasteiger partial charge in [-0.25, -0.2) is 9.37 Å². The van der Waals surface area contributed by atoms with Crippen LogP contribution in [0.1, 0.15) is 0 Å². The highest BCUT2D eigenvalue weighted by molar-refractivity contribution is 9.10. The zero-order valence-corrected chi connectivity index (χ0v) is 12.5. The van der Waals surface area contributed by atoms with Crippen molar-refractivity contribution < 1.29 is 4.39 Å². The van der Waals surface area contributed by atoms with Crippen LogP contribution in [0.5, 0.6) is 0 Å². The molecular weight excluding hydrogens is 343 g/mol. The number of halogens is 3. The molecule has 0 saturated heterocycles. The van der Waals surface area contributed by atoms with Crippen LogP contribution in [0.4, 0.5) is 10.1 Å². The Morgan fingerprint density at radius 2 is 1.80 bits per heavy atom. The number of nitrogens with two attached hydrogens (primary N) is 1. The molecule has 0 saturated carbocycles. The molecule has 1 aromatic heterocycles. The van der Waals surface area contributed by atoms with Crippen molar-refractivity contribution >= 4 is 44.1 Å². The van der Waals surface area contributed by atoms with Gasteiger partial charge in [-0.2, -0.15) is 0 Å². The number of anilines is 1. The molecule has 20 heavy (non-hydrogen) atoms. The molecule has 5 heteroatoms. The molecule has 0 fully saturated rings. The van der Waals surface area contributed by atoms with Gasteiger partial charge in [-0.15, -0.1) is 0 Å². The van der Waals surface area contributed by atoms with Crippen LogP contribution in [0.2, 0.25) is 5.02 Å². The van der Waals surface area contributed by atoms with Crippen molar-refractivity contribution in [1.82, 2.24) is 4.98 Å². The summed E-state index contributed by atoms with van der Waals surface area (Å²) in [5, 5.41) is 1.30. The largest absolute Gasteiger partial charge is 0.396 e. The second-order valence-electron chi connectivity index (χ2n) is 4.36. The summed E-state index contributed by atoms with van der Waals surface area (Å²) in [5.74, 6) is -0.321. The molecule has 2 aromatic carbocycles. The quantitative estimate of drug-likeness (QED) is 0.667. The van der Waals surface area contributed by atoms with Crippen LogP contribution < -0.4 is 5.73 Å². The maximum atomic E-state index is 13.3. The van der Waals surface area contributed by atoms with Gasteiger partial charge in [0.25, 0.3) is 0 Å². The molecule has 2 N–H and O–H groups in total. The van der Waals surface area contributed by atoms with E-state index < -0.39 is 0 Å². The summed E-state index contributed by atoms with van der Waals surface area (Å²) < 4.78 is 14.0. The molecule has 100 valence electrons. The van der Waals surface area contributed by atoms with Crippen LogP contribution in [0.15, 0.2) is 46.9 Å². The first-order chi connectivity index (χ1) is 9.56. The second kappa shape index (κ2) is 5.04. The third kappa shape index (κ3) is 2.25. The first kappa shape index (κ1) is 13.3. The number of nitrogen functional groups attached to an aromatic ring is 1. The van der Waals surface area contributed by atoms with Gasteiger partial charge in [0.2, 0.25) is 0 Å². The molecular formula is C15H9BrClFN2. The maximum absolute atomic E-state index is 13.3. The van der Waals surface area contributed by atoms with Gasteiger partial charge in [0.1, 0.15) is 5.82 Å². The highest BCUT2D eigenvalue weighted by Gasteiger charge is 2.13. The molecule has 0 aliphatic heterocycles. The third-order valence-corrected chi connectivity index (χ3v) is 4.14. The Kier molecular flexibility index (Phi) is 3.36. The fourth-order valence-electron chi connectivity index (χ4n) is 2.04. The molecule has 2 nitrogen and oxygen atoms in total. The number of aromatic nitrogens is 1. The molecule has 0 aliphatic carbocycles. The molecule has 3 rings (SSSR count). The summed E-state index contributed by atoms with van der Waals surface area (Å²) in [7, 11) is 0. The molecule has 0 aliphatic rings. The van der Waals surface area contributed by atoms with Gasteiger partial charge in [-0.05, 0) is 46.3 Å². The Labute approximate surface area is 128 Å². The molecule has 3 aromatic rings. The van der Waals surface area contributed by atoms with Crippen molar-refractivity contribution in [3.8, 4) is 11.3 Å². The number of fused-ring (bicyclic) bond motifs is 1. The lowest BCUT2D eigenvalue weighted by molar-refractivity contribution is 0.629. The van der Waals surface area contributed by atoms with E-state index in [1.807, 2.05) is 12.1 Å². The summed E-state index contributed by atoms with van der Waals surface area (Å²) in [6.07, 6.45) is 0. The highest BCUT2D eigenvalue weighted by atomic mass is 79.9. The lowest BCUT2D eigenvalue weighted by Crippen LogP contribution is -1.97. The topological polar surface area (TPSA) is 38.9 Å². The average Bonchev–Trinajstić information content (AvgIpc) is 2.44. The SMILES string of the molecule is Nc1c(-c2ccc(Cl)cc2)nc2ccc(F)cc2c1Br. The van der Waals surface area contributed by atoms with Crippen molar-refractivity contribution in [3.63, 3.8) is 0 Å². The fourth-order valence-corrected chi connectivity index (χ4v) is 2.67. The average molecular weight is 352 g/mol. The van der Waals surface area contributed by atoms with Crippen molar-refractivity contribution in [1.29, 1.82) is 0 Å². The molecule has 0 spiro atoms. The number of pyridine rings is 1. The summed E-state index contributed by atoms with van der Waals surface area (Å²) in [6.45, 7) is 0. The van der Waals surface area contributed by atoms with Gasteiger partial charge in [-0.1, -0.05) is 23.7 Å². The summed E-state index contributed by atoms with van der Waals surface area (Å²) in [4.78, 5) is 4.51. The first-order valence-electron chi connectivity index (χ1n) is 5.86. The van der Waals surface area contributed by atoms with Crippen LogP contribution in [0.25, 0.3) is 22.2 Å². The van der Waals surface area contributed by atoms with E-state index in [9.17, 15) is 4.39 Å². The summed E-state index contributed by atoms with van der Waals surface area (Å²) >= 11 is 9.30. The zero-order valence-electron chi connectivity index (χ0n) is 10.2. The van der Waals surface area contributed by atoms with Gasteiger partial charge >= 0.3 is 0 Å². The Morgan fingerprint density at radius 3 is 2.50 bits per heavy atom. The molecule has 0 amide bonds. The number of rotatable bonds is 1. The van der Waals surface area contributed by atoms with E-state index in [4.69, 9.17) is 17.3 Å². The van der Waals surface area contributed by atoms with Crippen molar-refractivity contribution in [3.05, 3.63) is 57.8 Å². The predicted octanol–water partition coefficient (Wildman–Crippen LogP) is 5.04. The van der Waals surface area contributed by atoms with Crippen LogP contribution in [0.3, 0.4) is 0 Å². The fraction of sp³-hybridized carbons (Fsp3) is 0. The van der Waals surface area contributed by atoms with E-state index in [1.54, 1.807) is 18.2 Å². The first-order valence-corrected chi connectivity index (χ1v) is 7.03. The Hall–Kier alpha value is -1.65. The van der Waals surface area contributed by atoms with Crippen LogP contribution in [0, 0.1) is 5.82 Å². The minimum Gasteiger partial charge on any atom is -0.396 e. The molecule has 0 bridgehead atoms. The summed E-state index contributed by atoms with van der Waals surface area (Å²) in [6, 6.07) is 11.7. The summed E-state index contributed by atoms with van der Waals surface area (Å²) in [5.41, 5.74) is 8.77. The highest BCUT2D eigenvalue weighted by Crippen LogP contribution is 2.36. The Balaban J connectivity index is 2.29. The van der Waals surface area contributed by atoms with Crippen LogP contribution in [-0.4, -0.2) is 4.98 Å². The van der Waals surface area contributed by atoms with Crippen molar-refractivity contribution in [2.75, 3.05) is 5.73 Å². The minimum atomic E-state index is -0.321. The van der Waals surface area contributed by atoms with Gasteiger partial charge in [0.05, 0.1) is 21.4 Å². The van der Waals surface area contributed by atoms with Gasteiger partial charge < -0.3 is 5.73 Å². The van der Waals surface area contributed by atoms with E-state index >= 15 is 0 Å². The standard InChI is InChI=1S/C15H9BrClFN2/c16-13-11-7-10(18)5-6-12(11)20-15(14(13)19)8-1-3-9(17)4-2-8/h1-7H,19H2. The van der Waals surface area contributed by atoms with Crippen molar-refractivity contribution in [2.45, 2.75) is 0 Å². The van der Waals surface area contributed by atoms with E-state index in [-0.39, 0.29) is 5.82 Å².